The van der Waals surface area contributed by atoms with Gasteiger partial charge in [-0.2, -0.15) is 5.10 Å². The molecule has 1 aromatic rings. The maximum atomic E-state index is 11.8. The van der Waals surface area contributed by atoms with Gasteiger partial charge < -0.3 is 11.1 Å². The lowest BCUT2D eigenvalue weighted by atomic mass is 9.97. The van der Waals surface area contributed by atoms with Crippen LogP contribution in [0.25, 0.3) is 0 Å². The number of hydrogen-bond acceptors (Lipinski definition) is 5. The number of rotatable bonds is 7. The summed E-state index contributed by atoms with van der Waals surface area (Å²) >= 11 is 0. The molecule has 0 radical (unpaired) electrons. The van der Waals surface area contributed by atoms with Gasteiger partial charge in [0.15, 0.2) is 0 Å². The van der Waals surface area contributed by atoms with E-state index in [-0.39, 0.29) is 11.6 Å². The Hall–Kier alpha value is -1.96. The predicted molar refractivity (Wildman–Crippen MR) is 69.4 cm³/mol. The van der Waals surface area contributed by atoms with Crippen molar-refractivity contribution in [3.63, 3.8) is 0 Å². The van der Waals surface area contributed by atoms with E-state index in [9.17, 15) is 14.9 Å². The van der Waals surface area contributed by atoms with Crippen LogP contribution < -0.4 is 11.1 Å². The Labute approximate surface area is 111 Å². The molecule has 8 nitrogen and oxygen atoms in total. The topological polar surface area (TPSA) is 116 Å². The first-order valence-electron chi connectivity index (χ1n) is 6.11. The minimum Gasteiger partial charge on any atom is -0.353 e. The maximum Gasteiger partial charge on any atom is 0.306 e. The smallest absolute Gasteiger partial charge is 0.306 e. The first-order valence-corrected chi connectivity index (χ1v) is 6.11. The number of nitrogens with one attached hydrogen (secondary N) is 1. The Morgan fingerprint density at radius 2 is 2.37 bits per heavy atom. The first kappa shape index (κ1) is 15.1. The summed E-state index contributed by atoms with van der Waals surface area (Å²) in [6.07, 6.45) is 3.92. The molecule has 106 valence electrons. The number of hydrogen-bond donors (Lipinski definition) is 2. The molecule has 0 fully saturated rings. The molecule has 0 aromatic carbocycles. The Bertz CT molecular complexity index is 455. The monoisotopic (exact) mass is 269 g/mol. The van der Waals surface area contributed by atoms with Crippen molar-refractivity contribution in [3.8, 4) is 0 Å². The van der Waals surface area contributed by atoms with Gasteiger partial charge in [-0.3, -0.25) is 19.6 Å². The fourth-order valence-electron chi connectivity index (χ4n) is 1.69. The summed E-state index contributed by atoms with van der Waals surface area (Å²) in [5, 5.41) is 17.0. The second kappa shape index (κ2) is 6.28. The number of nitro groups is 1. The SMILES string of the molecule is CCCC(C)(N)C(=O)NCCn1cc([N+](=O)[O-])cn1. The van der Waals surface area contributed by atoms with Gasteiger partial charge in [-0.15, -0.1) is 0 Å². The van der Waals surface area contributed by atoms with Crippen LogP contribution in [0.5, 0.6) is 0 Å². The highest BCUT2D eigenvalue weighted by atomic mass is 16.6. The van der Waals surface area contributed by atoms with Gasteiger partial charge in [0.1, 0.15) is 12.4 Å². The van der Waals surface area contributed by atoms with Crippen LogP contribution in [0.15, 0.2) is 12.4 Å². The third-order valence-electron chi connectivity index (χ3n) is 2.74. The van der Waals surface area contributed by atoms with E-state index < -0.39 is 10.5 Å². The maximum absolute atomic E-state index is 11.8. The average Bonchev–Trinajstić information content (AvgIpc) is 2.77. The number of amides is 1. The van der Waals surface area contributed by atoms with Crippen molar-refractivity contribution in [3.05, 3.63) is 22.5 Å². The molecular weight excluding hydrogens is 250 g/mol. The summed E-state index contributed by atoms with van der Waals surface area (Å²) in [6.45, 7) is 4.34. The first-order chi connectivity index (χ1) is 8.86. The lowest BCUT2D eigenvalue weighted by Crippen LogP contribution is -2.52. The highest BCUT2D eigenvalue weighted by Crippen LogP contribution is 2.09. The fraction of sp³-hybridized carbons (Fsp3) is 0.636. The fourth-order valence-corrected chi connectivity index (χ4v) is 1.69. The highest BCUT2D eigenvalue weighted by molar-refractivity contribution is 5.85. The number of aromatic nitrogens is 2. The van der Waals surface area contributed by atoms with E-state index in [1.54, 1.807) is 6.92 Å². The Morgan fingerprint density at radius 3 is 2.89 bits per heavy atom. The zero-order valence-electron chi connectivity index (χ0n) is 11.1. The van der Waals surface area contributed by atoms with Gasteiger partial charge in [0.05, 0.1) is 17.0 Å². The molecule has 0 aliphatic rings. The molecule has 0 saturated carbocycles. The van der Waals surface area contributed by atoms with Gasteiger partial charge in [0.25, 0.3) is 0 Å². The molecule has 1 unspecified atom stereocenters. The van der Waals surface area contributed by atoms with Crippen molar-refractivity contribution in [2.24, 2.45) is 5.73 Å². The molecule has 0 bridgehead atoms. The molecule has 1 aromatic heterocycles. The normalized spacial score (nSPS) is 13.8. The highest BCUT2D eigenvalue weighted by Gasteiger charge is 2.26. The van der Waals surface area contributed by atoms with E-state index in [1.807, 2.05) is 6.92 Å². The summed E-state index contributed by atoms with van der Waals surface area (Å²) in [5.41, 5.74) is 4.92. The van der Waals surface area contributed by atoms with Crippen molar-refractivity contribution in [1.82, 2.24) is 15.1 Å². The average molecular weight is 269 g/mol. The summed E-state index contributed by atoms with van der Waals surface area (Å²) < 4.78 is 1.41. The Kier molecular flexibility index (Phi) is 4.99. The third-order valence-corrected chi connectivity index (χ3v) is 2.74. The molecular formula is C11H19N5O3. The molecule has 8 heteroatoms. The largest absolute Gasteiger partial charge is 0.353 e. The van der Waals surface area contributed by atoms with Crippen LogP contribution in [-0.2, 0) is 11.3 Å². The van der Waals surface area contributed by atoms with Gasteiger partial charge in [-0.1, -0.05) is 13.3 Å². The molecule has 19 heavy (non-hydrogen) atoms. The van der Waals surface area contributed by atoms with Gasteiger partial charge in [-0.05, 0) is 13.3 Å². The second-order valence-electron chi connectivity index (χ2n) is 4.64. The molecule has 0 spiro atoms. The molecule has 1 heterocycles. The summed E-state index contributed by atoms with van der Waals surface area (Å²) in [4.78, 5) is 21.7. The Balaban J connectivity index is 2.41. The number of carbonyl (C=O) groups is 1. The van der Waals surface area contributed by atoms with Gasteiger partial charge >= 0.3 is 5.69 Å². The molecule has 0 aliphatic carbocycles. The minimum atomic E-state index is -0.884. The number of nitrogens with two attached hydrogens (primary N) is 1. The van der Waals surface area contributed by atoms with Crippen LogP contribution in [0.1, 0.15) is 26.7 Å². The van der Waals surface area contributed by atoms with Crippen LogP contribution in [0.3, 0.4) is 0 Å². The van der Waals surface area contributed by atoms with Crippen LogP contribution in [0.2, 0.25) is 0 Å². The van der Waals surface area contributed by atoms with E-state index in [2.05, 4.69) is 10.4 Å². The van der Waals surface area contributed by atoms with E-state index in [1.165, 1.54) is 17.1 Å². The molecule has 0 aliphatic heterocycles. The van der Waals surface area contributed by atoms with E-state index >= 15 is 0 Å². The second-order valence-corrected chi connectivity index (χ2v) is 4.64. The van der Waals surface area contributed by atoms with Gasteiger partial charge in [0, 0.05) is 6.54 Å². The zero-order valence-corrected chi connectivity index (χ0v) is 11.1. The van der Waals surface area contributed by atoms with Crippen LogP contribution in [0.4, 0.5) is 5.69 Å². The lowest BCUT2D eigenvalue weighted by Gasteiger charge is -2.22. The number of carbonyl (C=O) groups excluding carboxylic acids is 1. The van der Waals surface area contributed by atoms with Crippen LogP contribution in [0, 0.1) is 10.1 Å². The van der Waals surface area contributed by atoms with Gasteiger partial charge in [0.2, 0.25) is 5.91 Å². The minimum absolute atomic E-state index is 0.0685. The molecule has 1 amide bonds. The standard InChI is InChI=1S/C11H19N5O3/c1-3-4-11(2,12)10(17)13-5-6-15-8-9(7-14-15)16(18)19/h7-8H,3-6,12H2,1-2H3,(H,13,17). The zero-order chi connectivity index (χ0) is 14.5. The molecule has 0 saturated heterocycles. The van der Waals surface area contributed by atoms with Crippen molar-refractivity contribution >= 4 is 11.6 Å². The molecule has 3 N–H and O–H groups in total. The van der Waals surface area contributed by atoms with Crippen molar-refractivity contribution in [2.75, 3.05) is 6.54 Å². The van der Waals surface area contributed by atoms with Crippen molar-refractivity contribution in [1.29, 1.82) is 0 Å². The summed E-state index contributed by atoms with van der Waals surface area (Å²) in [7, 11) is 0. The van der Waals surface area contributed by atoms with E-state index in [0.29, 0.717) is 19.5 Å². The van der Waals surface area contributed by atoms with Crippen molar-refractivity contribution in [2.45, 2.75) is 38.8 Å². The van der Waals surface area contributed by atoms with Crippen LogP contribution >= 0.6 is 0 Å². The molecule has 1 rings (SSSR count). The molecule has 1 atom stereocenters. The summed E-state index contributed by atoms with van der Waals surface area (Å²) in [6, 6.07) is 0. The van der Waals surface area contributed by atoms with Crippen LogP contribution in [-0.4, -0.2) is 32.7 Å². The lowest BCUT2D eigenvalue weighted by molar-refractivity contribution is -0.385. The number of nitrogens with zero attached hydrogens (tertiary/aromatic N) is 3. The van der Waals surface area contributed by atoms with E-state index in [0.717, 1.165) is 6.42 Å². The van der Waals surface area contributed by atoms with Crippen molar-refractivity contribution < 1.29 is 9.72 Å². The predicted octanol–water partition coefficient (Wildman–Crippen LogP) is 0.425. The quantitative estimate of drug-likeness (QED) is 0.550. The summed E-state index contributed by atoms with van der Waals surface area (Å²) in [5.74, 6) is -0.226. The van der Waals surface area contributed by atoms with Gasteiger partial charge in [-0.25, -0.2) is 0 Å². The Morgan fingerprint density at radius 1 is 1.68 bits per heavy atom. The van der Waals surface area contributed by atoms with E-state index in [4.69, 9.17) is 5.73 Å². The third kappa shape index (κ3) is 4.32.